The molecule has 2 aromatic carbocycles. The van der Waals surface area contributed by atoms with Crippen LogP contribution in [0.4, 0.5) is 5.69 Å². The second-order valence-corrected chi connectivity index (χ2v) is 5.58. The first-order valence-corrected chi connectivity index (χ1v) is 7.53. The van der Waals surface area contributed by atoms with Crippen molar-refractivity contribution in [2.45, 2.75) is 0 Å². The standard InChI is InChI=1S/C16H14INO4/c1-21-14-5-3-2-4-13(14)16(20)22-10-15(19)18-12-8-6-11(17)7-9-12/h2-9H,10H2,1H3,(H,18,19). The molecule has 0 aliphatic rings. The molecular formula is C16H14INO4. The lowest BCUT2D eigenvalue weighted by atomic mass is 10.2. The van der Waals surface area contributed by atoms with E-state index < -0.39 is 11.9 Å². The minimum absolute atomic E-state index is 0.284. The molecule has 0 heterocycles. The number of anilines is 1. The van der Waals surface area contributed by atoms with Gasteiger partial charge in [0.25, 0.3) is 5.91 Å². The van der Waals surface area contributed by atoms with Crippen LogP contribution in [0.2, 0.25) is 0 Å². The van der Waals surface area contributed by atoms with Gasteiger partial charge < -0.3 is 14.8 Å². The second-order valence-electron chi connectivity index (χ2n) is 4.33. The molecule has 2 rings (SSSR count). The van der Waals surface area contributed by atoms with Crippen molar-refractivity contribution in [1.82, 2.24) is 0 Å². The Labute approximate surface area is 141 Å². The topological polar surface area (TPSA) is 64.6 Å². The number of benzene rings is 2. The quantitative estimate of drug-likeness (QED) is 0.607. The fourth-order valence-electron chi connectivity index (χ4n) is 1.75. The lowest BCUT2D eigenvalue weighted by Gasteiger charge is -2.09. The van der Waals surface area contributed by atoms with Crippen LogP contribution < -0.4 is 10.1 Å². The van der Waals surface area contributed by atoms with E-state index in [1.54, 1.807) is 36.4 Å². The predicted octanol–water partition coefficient (Wildman–Crippen LogP) is 3.10. The molecule has 5 nitrogen and oxygen atoms in total. The molecule has 0 saturated carbocycles. The zero-order valence-electron chi connectivity index (χ0n) is 11.8. The summed E-state index contributed by atoms with van der Waals surface area (Å²) in [6.45, 7) is -0.358. The first-order valence-electron chi connectivity index (χ1n) is 6.45. The van der Waals surface area contributed by atoms with Crippen LogP contribution in [-0.4, -0.2) is 25.6 Å². The van der Waals surface area contributed by atoms with E-state index in [1.165, 1.54) is 7.11 Å². The number of hydrogen-bond acceptors (Lipinski definition) is 4. The van der Waals surface area contributed by atoms with Crippen molar-refractivity contribution >= 4 is 40.2 Å². The van der Waals surface area contributed by atoms with E-state index in [-0.39, 0.29) is 12.2 Å². The Bertz CT molecular complexity index is 670. The number of rotatable bonds is 5. The second kappa shape index (κ2) is 7.79. The van der Waals surface area contributed by atoms with E-state index in [0.717, 1.165) is 3.57 Å². The van der Waals surface area contributed by atoms with Crippen LogP contribution in [0, 0.1) is 3.57 Å². The van der Waals surface area contributed by atoms with E-state index in [2.05, 4.69) is 27.9 Å². The van der Waals surface area contributed by atoms with Gasteiger partial charge in [-0.15, -0.1) is 0 Å². The van der Waals surface area contributed by atoms with Crippen molar-refractivity contribution in [3.05, 3.63) is 57.7 Å². The van der Waals surface area contributed by atoms with Gasteiger partial charge in [-0.2, -0.15) is 0 Å². The van der Waals surface area contributed by atoms with Crippen LogP contribution in [0.25, 0.3) is 0 Å². The predicted molar refractivity (Wildman–Crippen MR) is 91.1 cm³/mol. The molecule has 0 radical (unpaired) electrons. The number of ether oxygens (including phenoxy) is 2. The van der Waals surface area contributed by atoms with Crippen molar-refractivity contribution < 1.29 is 19.1 Å². The number of halogens is 1. The summed E-state index contributed by atoms with van der Waals surface area (Å²) in [5.41, 5.74) is 0.936. The van der Waals surface area contributed by atoms with Gasteiger partial charge in [-0.1, -0.05) is 12.1 Å². The molecule has 6 heteroatoms. The Hall–Kier alpha value is -2.09. The van der Waals surface area contributed by atoms with Gasteiger partial charge in [0.1, 0.15) is 11.3 Å². The van der Waals surface area contributed by atoms with Crippen LogP contribution in [-0.2, 0) is 9.53 Å². The Balaban J connectivity index is 1.90. The van der Waals surface area contributed by atoms with E-state index >= 15 is 0 Å². The van der Waals surface area contributed by atoms with Gasteiger partial charge >= 0.3 is 5.97 Å². The fourth-order valence-corrected chi connectivity index (χ4v) is 2.11. The van der Waals surface area contributed by atoms with E-state index in [4.69, 9.17) is 9.47 Å². The highest BCUT2D eigenvalue weighted by molar-refractivity contribution is 14.1. The molecule has 0 saturated heterocycles. The summed E-state index contributed by atoms with van der Waals surface area (Å²) in [5.74, 6) is -0.592. The van der Waals surface area contributed by atoms with E-state index in [1.807, 2.05) is 12.1 Å². The molecule has 0 fully saturated rings. The normalized spacial score (nSPS) is 9.91. The molecular weight excluding hydrogens is 397 g/mol. The van der Waals surface area contributed by atoms with Crippen LogP contribution in [0.3, 0.4) is 0 Å². The smallest absolute Gasteiger partial charge is 0.342 e. The number of para-hydroxylation sites is 1. The molecule has 0 spiro atoms. The lowest BCUT2D eigenvalue weighted by Crippen LogP contribution is -2.21. The maximum Gasteiger partial charge on any atom is 0.342 e. The third kappa shape index (κ3) is 4.45. The Morgan fingerprint density at radius 1 is 1.09 bits per heavy atom. The largest absolute Gasteiger partial charge is 0.496 e. The van der Waals surface area contributed by atoms with Crippen LogP contribution >= 0.6 is 22.6 Å². The molecule has 0 atom stereocenters. The third-order valence-electron chi connectivity index (χ3n) is 2.79. The van der Waals surface area contributed by atoms with Gasteiger partial charge in [0.05, 0.1) is 7.11 Å². The summed E-state index contributed by atoms with van der Waals surface area (Å²) in [6.07, 6.45) is 0. The van der Waals surface area contributed by atoms with Crippen molar-refractivity contribution in [2.75, 3.05) is 19.0 Å². The number of hydrogen-bond donors (Lipinski definition) is 1. The van der Waals surface area contributed by atoms with Crippen LogP contribution in [0.1, 0.15) is 10.4 Å². The van der Waals surface area contributed by atoms with Gasteiger partial charge in [0, 0.05) is 9.26 Å². The van der Waals surface area contributed by atoms with E-state index in [0.29, 0.717) is 11.4 Å². The van der Waals surface area contributed by atoms with Gasteiger partial charge in [-0.05, 0) is 59.0 Å². The molecule has 114 valence electrons. The van der Waals surface area contributed by atoms with E-state index in [9.17, 15) is 9.59 Å². The maximum atomic E-state index is 11.9. The number of amides is 1. The monoisotopic (exact) mass is 411 g/mol. The number of esters is 1. The fraction of sp³-hybridized carbons (Fsp3) is 0.125. The number of carbonyl (C=O) groups excluding carboxylic acids is 2. The summed E-state index contributed by atoms with van der Waals surface area (Å²) >= 11 is 2.17. The highest BCUT2D eigenvalue weighted by Crippen LogP contribution is 2.18. The molecule has 0 unspecified atom stereocenters. The summed E-state index contributed by atoms with van der Waals surface area (Å²) in [4.78, 5) is 23.7. The Morgan fingerprint density at radius 2 is 1.77 bits per heavy atom. The molecule has 1 amide bonds. The zero-order valence-corrected chi connectivity index (χ0v) is 14.0. The molecule has 22 heavy (non-hydrogen) atoms. The van der Waals surface area contributed by atoms with Crippen molar-refractivity contribution in [3.63, 3.8) is 0 Å². The number of methoxy groups -OCH3 is 1. The molecule has 1 N–H and O–H groups in total. The van der Waals surface area contributed by atoms with Gasteiger partial charge in [-0.3, -0.25) is 4.79 Å². The minimum atomic E-state index is -0.602. The first kappa shape index (κ1) is 16.3. The van der Waals surface area contributed by atoms with Crippen molar-refractivity contribution in [2.24, 2.45) is 0 Å². The summed E-state index contributed by atoms with van der Waals surface area (Å²) in [6, 6.07) is 14.0. The molecule has 0 aliphatic heterocycles. The number of nitrogens with one attached hydrogen (secondary N) is 1. The Kier molecular flexibility index (Phi) is 5.76. The van der Waals surface area contributed by atoms with Crippen molar-refractivity contribution in [3.8, 4) is 5.75 Å². The summed E-state index contributed by atoms with van der Waals surface area (Å²) in [7, 11) is 1.47. The SMILES string of the molecule is COc1ccccc1C(=O)OCC(=O)Nc1ccc(I)cc1. The van der Waals surface area contributed by atoms with Gasteiger partial charge in [-0.25, -0.2) is 4.79 Å². The van der Waals surface area contributed by atoms with Crippen LogP contribution in [0.15, 0.2) is 48.5 Å². The molecule has 2 aromatic rings. The average Bonchev–Trinajstić information content (AvgIpc) is 2.54. The summed E-state index contributed by atoms with van der Waals surface area (Å²) < 4.78 is 11.1. The first-order chi connectivity index (χ1) is 10.6. The molecule has 0 aromatic heterocycles. The maximum absolute atomic E-state index is 11.9. The highest BCUT2D eigenvalue weighted by atomic mass is 127. The van der Waals surface area contributed by atoms with Gasteiger partial charge in [0.2, 0.25) is 0 Å². The zero-order chi connectivity index (χ0) is 15.9. The van der Waals surface area contributed by atoms with Gasteiger partial charge in [0.15, 0.2) is 6.61 Å². The molecule has 0 aliphatic carbocycles. The average molecular weight is 411 g/mol. The number of carbonyl (C=O) groups is 2. The minimum Gasteiger partial charge on any atom is -0.496 e. The summed E-state index contributed by atoms with van der Waals surface area (Å²) in [5, 5.41) is 2.65. The third-order valence-corrected chi connectivity index (χ3v) is 3.51. The lowest BCUT2D eigenvalue weighted by molar-refractivity contribution is -0.119. The highest BCUT2D eigenvalue weighted by Gasteiger charge is 2.14. The Morgan fingerprint density at radius 3 is 2.45 bits per heavy atom. The molecule has 0 bridgehead atoms. The van der Waals surface area contributed by atoms with Crippen LogP contribution in [0.5, 0.6) is 5.75 Å². The van der Waals surface area contributed by atoms with Crippen molar-refractivity contribution in [1.29, 1.82) is 0 Å².